The lowest BCUT2D eigenvalue weighted by Crippen LogP contribution is -2.35. The van der Waals surface area contributed by atoms with Crippen LogP contribution in [0.25, 0.3) is 33.4 Å². The average Bonchev–Trinajstić information content (AvgIpc) is 2.87. The molecule has 0 spiro atoms. The highest BCUT2D eigenvalue weighted by atomic mass is 16.2. The third kappa shape index (κ3) is 4.12. The molecule has 7 heteroatoms. The lowest BCUT2D eigenvalue weighted by molar-refractivity contribution is 0.757. The Balaban J connectivity index is 1.46. The molecule has 2 aliphatic heterocycles. The van der Waals surface area contributed by atoms with Crippen LogP contribution in [0.15, 0.2) is 87.4 Å². The molecule has 174 valence electrons. The van der Waals surface area contributed by atoms with Gasteiger partial charge >= 0.3 is 5.69 Å². The molecule has 3 aromatic rings. The van der Waals surface area contributed by atoms with Crippen molar-refractivity contribution in [2.45, 2.75) is 0 Å². The second-order valence-corrected chi connectivity index (χ2v) is 8.76. The van der Waals surface area contributed by atoms with E-state index in [0.29, 0.717) is 11.4 Å². The lowest BCUT2D eigenvalue weighted by Gasteiger charge is -2.15. The molecule has 0 unspecified atom stereocenters. The maximum Gasteiger partial charge on any atom is 0.352 e. The molecule has 0 amide bonds. The third-order valence-electron chi connectivity index (χ3n) is 6.25. The van der Waals surface area contributed by atoms with Gasteiger partial charge in [-0.05, 0) is 58.5 Å². The molecular formula is C28H25N5O2. The van der Waals surface area contributed by atoms with Crippen molar-refractivity contribution in [1.29, 1.82) is 0 Å². The van der Waals surface area contributed by atoms with E-state index in [1.165, 1.54) is 7.05 Å². The Morgan fingerprint density at radius 2 is 1.51 bits per heavy atom. The standard InChI is InChI=1S/C28H25N5O2/c1-31(2)23-13-5-18(6-14-23)17-29-22-11-9-19(10-12-22)20-7-8-21-15-24-26(32(3)25(21)16-20)30-28(35)33(4)27(24)34/h5-17H,1-4H3. The Morgan fingerprint density at radius 3 is 2.20 bits per heavy atom. The number of rotatable bonds is 4. The molecule has 0 bridgehead atoms. The van der Waals surface area contributed by atoms with Gasteiger partial charge in [-0.2, -0.15) is 4.98 Å². The Labute approximate surface area is 202 Å². The first-order chi connectivity index (χ1) is 16.8. The Hall–Kier alpha value is -4.52. The number of nitrogens with zero attached hydrogens (tertiary/aromatic N) is 5. The van der Waals surface area contributed by atoms with Crippen molar-refractivity contribution in [1.82, 2.24) is 14.1 Å². The van der Waals surface area contributed by atoms with Gasteiger partial charge in [-0.25, -0.2) is 4.79 Å². The summed E-state index contributed by atoms with van der Waals surface area (Å²) >= 11 is 0. The Bertz CT molecular complexity index is 1660. The van der Waals surface area contributed by atoms with Crippen LogP contribution in [0, 0.1) is 0 Å². The van der Waals surface area contributed by atoms with Crippen molar-refractivity contribution < 1.29 is 0 Å². The summed E-state index contributed by atoms with van der Waals surface area (Å²) in [6.45, 7) is 0. The van der Waals surface area contributed by atoms with Gasteiger partial charge < -0.3 is 9.47 Å². The van der Waals surface area contributed by atoms with Gasteiger partial charge in [0.2, 0.25) is 0 Å². The number of hydrogen-bond donors (Lipinski definition) is 0. The van der Waals surface area contributed by atoms with Gasteiger partial charge in [-0.3, -0.25) is 14.4 Å². The number of pyridine rings is 1. The normalized spacial score (nSPS) is 11.5. The average molecular weight is 464 g/mol. The van der Waals surface area contributed by atoms with Crippen LogP contribution in [0.2, 0.25) is 0 Å². The highest BCUT2D eigenvalue weighted by molar-refractivity contribution is 5.89. The van der Waals surface area contributed by atoms with Gasteiger partial charge in [0.1, 0.15) is 0 Å². The van der Waals surface area contributed by atoms with Crippen LogP contribution in [0.1, 0.15) is 5.56 Å². The maximum absolute atomic E-state index is 12.5. The quantitative estimate of drug-likeness (QED) is 0.296. The predicted octanol–water partition coefficient (Wildman–Crippen LogP) is 4.22. The third-order valence-corrected chi connectivity index (χ3v) is 6.25. The molecule has 0 saturated heterocycles. The fourth-order valence-electron chi connectivity index (χ4n) is 4.12. The van der Waals surface area contributed by atoms with Crippen molar-refractivity contribution in [2.75, 3.05) is 19.0 Å². The van der Waals surface area contributed by atoms with E-state index in [9.17, 15) is 9.59 Å². The number of aliphatic imine (C=N–C) groups is 1. The van der Waals surface area contributed by atoms with Crippen molar-refractivity contribution in [2.24, 2.45) is 19.1 Å². The molecule has 0 saturated carbocycles. The van der Waals surface area contributed by atoms with Crippen LogP contribution < -0.4 is 16.1 Å². The molecule has 0 aliphatic carbocycles. The second kappa shape index (κ2) is 8.68. The van der Waals surface area contributed by atoms with Crippen molar-refractivity contribution in [3.05, 3.63) is 99.2 Å². The highest BCUT2D eigenvalue weighted by Gasteiger charge is 2.17. The molecule has 7 nitrogen and oxygen atoms in total. The predicted molar refractivity (Wildman–Crippen MR) is 142 cm³/mol. The minimum absolute atomic E-state index is 0.341. The molecule has 2 aliphatic rings. The van der Waals surface area contributed by atoms with E-state index in [1.807, 2.05) is 82.0 Å². The smallest absolute Gasteiger partial charge is 0.352 e. The van der Waals surface area contributed by atoms with Gasteiger partial charge in [0.05, 0.1) is 11.3 Å². The minimum Gasteiger partial charge on any atom is -0.378 e. The van der Waals surface area contributed by atoms with Crippen LogP contribution in [0.3, 0.4) is 0 Å². The molecule has 35 heavy (non-hydrogen) atoms. The van der Waals surface area contributed by atoms with Gasteiger partial charge in [0, 0.05) is 45.6 Å². The largest absolute Gasteiger partial charge is 0.378 e. The molecule has 0 atom stereocenters. The Morgan fingerprint density at radius 1 is 0.829 bits per heavy atom. The molecule has 0 N–H and O–H groups in total. The van der Waals surface area contributed by atoms with E-state index < -0.39 is 5.69 Å². The van der Waals surface area contributed by atoms with Crippen molar-refractivity contribution in [3.63, 3.8) is 0 Å². The number of aryl methyl sites for hydroxylation is 1. The summed E-state index contributed by atoms with van der Waals surface area (Å²) < 4.78 is 2.84. The zero-order chi connectivity index (χ0) is 24.7. The first-order valence-corrected chi connectivity index (χ1v) is 11.2. The number of fused-ring (bicyclic) bond motifs is 2. The van der Waals surface area contributed by atoms with Gasteiger partial charge in [-0.1, -0.05) is 36.4 Å². The topological polar surface area (TPSA) is 72.5 Å². The lowest BCUT2D eigenvalue weighted by atomic mass is 10.0. The van der Waals surface area contributed by atoms with E-state index >= 15 is 0 Å². The molecular weight excluding hydrogens is 438 g/mol. The monoisotopic (exact) mass is 463 g/mol. The van der Waals surface area contributed by atoms with Gasteiger partial charge in [0.25, 0.3) is 5.56 Å². The zero-order valence-corrected chi connectivity index (χ0v) is 20.1. The highest BCUT2D eigenvalue weighted by Crippen LogP contribution is 2.29. The Kier molecular flexibility index (Phi) is 5.53. The minimum atomic E-state index is -0.557. The maximum atomic E-state index is 12.5. The van der Waals surface area contributed by atoms with Crippen molar-refractivity contribution >= 4 is 28.5 Å². The zero-order valence-electron chi connectivity index (χ0n) is 20.1. The van der Waals surface area contributed by atoms with Crippen LogP contribution >= 0.6 is 0 Å². The molecule has 0 aromatic heterocycles. The summed E-state index contributed by atoms with van der Waals surface area (Å²) in [6, 6.07) is 24.1. The summed E-state index contributed by atoms with van der Waals surface area (Å²) in [6.07, 6.45) is 1.86. The summed E-state index contributed by atoms with van der Waals surface area (Å²) in [5.74, 6) is 0.381. The number of benzene rings is 3. The van der Waals surface area contributed by atoms with Crippen LogP contribution in [0.5, 0.6) is 0 Å². The second-order valence-electron chi connectivity index (χ2n) is 8.76. The first kappa shape index (κ1) is 22.3. The molecule has 0 radical (unpaired) electrons. The summed E-state index contributed by atoms with van der Waals surface area (Å²) in [7, 11) is 7.30. The van der Waals surface area contributed by atoms with E-state index in [4.69, 9.17) is 0 Å². The van der Waals surface area contributed by atoms with Gasteiger partial charge in [0.15, 0.2) is 5.82 Å². The summed E-state index contributed by atoms with van der Waals surface area (Å²) in [5, 5.41) is 0.905. The molecule has 5 rings (SSSR count). The summed E-state index contributed by atoms with van der Waals surface area (Å²) in [5.41, 5.74) is 5.53. The SMILES string of the molecule is CN(C)c1ccc(C=Nc2ccc(-c3ccc4cc5c(=O)n(C)c(=O)nc-5n(C)c4c3)cc2)cc1. The van der Waals surface area contributed by atoms with Crippen LogP contribution in [-0.4, -0.2) is 34.4 Å². The van der Waals surface area contributed by atoms with E-state index in [2.05, 4.69) is 27.0 Å². The van der Waals surface area contributed by atoms with Crippen LogP contribution in [-0.2, 0) is 14.1 Å². The van der Waals surface area contributed by atoms with E-state index in [1.54, 1.807) is 10.6 Å². The molecule has 3 aromatic carbocycles. The van der Waals surface area contributed by atoms with E-state index in [-0.39, 0.29) is 5.56 Å². The molecule has 0 fully saturated rings. The number of hydrogen-bond acceptors (Lipinski definition) is 5. The van der Waals surface area contributed by atoms with Crippen LogP contribution in [0.4, 0.5) is 11.4 Å². The van der Waals surface area contributed by atoms with Crippen molar-refractivity contribution in [3.8, 4) is 22.5 Å². The summed E-state index contributed by atoms with van der Waals surface area (Å²) in [4.78, 5) is 35.4. The van der Waals surface area contributed by atoms with Gasteiger partial charge in [-0.15, -0.1) is 0 Å². The fourth-order valence-corrected chi connectivity index (χ4v) is 4.12. The fraction of sp³-hybridized carbons (Fsp3) is 0.143. The molecule has 2 heterocycles. The number of anilines is 1. The van der Waals surface area contributed by atoms with E-state index in [0.717, 1.165) is 43.5 Å². The number of aromatic nitrogens is 3. The first-order valence-electron chi connectivity index (χ1n) is 11.2.